The second kappa shape index (κ2) is 4.63. The molecular weight excluding hydrogens is 226 g/mol. The maximum atomic E-state index is 6.10. The highest BCUT2D eigenvalue weighted by atomic mass is 15.4. The zero-order chi connectivity index (χ0) is 12.7. The van der Waals surface area contributed by atoms with Gasteiger partial charge in [0.25, 0.3) is 0 Å². The molecule has 100 valence electrons. The third kappa shape index (κ3) is 1.95. The van der Waals surface area contributed by atoms with Crippen LogP contribution in [0.1, 0.15) is 63.4 Å². The maximum Gasteiger partial charge on any atom is 0.168 e. The summed E-state index contributed by atoms with van der Waals surface area (Å²) in [5, 5.41) is 4.69. The van der Waals surface area contributed by atoms with E-state index in [2.05, 4.69) is 23.8 Å². The Hall–Kier alpha value is -0.940. The highest BCUT2D eigenvalue weighted by molar-refractivity contribution is 5.04. The van der Waals surface area contributed by atoms with Crippen molar-refractivity contribution < 1.29 is 0 Å². The van der Waals surface area contributed by atoms with Gasteiger partial charge in [0.15, 0.2) is 5.82 Å². The van der Waals surface area contributed by atoms with Gasteiger partial charge in [-0.05, 0) is 46.1 Å². The van der Waals surface area contributed by atoms with Gasteiger partial charge in [-0.1, -0.05) is 0 Å². The normalized spacial score (nSPS) is 28.9. The van der Waals surface area contributed by atoms with Crippen LogP contribution < -0.4 is 5.73 Å². The minimum Gasteiger partial charge on any atom is -0.310 e. The predicted octanol–water partition coefficient (Wildman–Crippen LogP) is 1.62. The molecule has 1 aromatic rings. The lowest BCUT2D eigenvalue weighted by Crippen LogP contribution is -2.31. The van der Waals surface area contributed by atoms with Crippen molar-refractivity contribution in [2.45, 2.75) is 64.2 Å². The van der Waals surface area contributed by atoms with E-state index in [0.717, 1.165) is 37.5 Å². The van der Waals surface area contributed by atoms with E-state index < -0.39 is 0 Å². The van der Waals surface area contributed by atoms with Crippen LogP contribution in [0, 0.1) is 0 Å². The Bertz CT molecular complexity index is 425. The van der Waals surface area contributed by atoms with Gasteiger partial charge in [0.2, 0.25) is 0 Å². The molecule has 1 fully saturated rings. The molecule has 2 atom stereocenters. The lowest BCUT2D eigenvalue weighted by molar-refractivity contribution is 0.198. The number of nitrogens with zero attached hydrogens (tertiary/aromatic N) is 4. The van der Waals surface area contributed by atoms with Gasteiger partial charge >= 0.3 is 0 Å². The lowest BCUT2D eigenvalue weighted by atomic mass is 10.1. The highest BCUT2D eigenvalue weighted by Crippen LogP contribution is 2.32. The van der Waals surface area contributed by atoms with Gasteiger partial charge in [0.1, 0.15) is 12.0 Å². The third-order valence-corrected chi connectivity index (χ3v) is 4.19. The number of aromatic nitrogens is 3. The van der Waals surface area contributed by atoms with Crippen LogP contribution in [0.5, 0.6) is 0 Å². The Kier molecular flexibility index (Phi) is 3.11. The van der Waals surface area contributed by atoms with Crippen LogP contribution in [0.2, 0.25) is 0 Å². The van der Waals surface area contributed by atoms with E-state index in [4.69, 9.17) is 10.7 Å². The summed E-state index contributed by atoms with van der Waals surface area (Å²) in [5.41, 5.74) is 6.10. The van der Waals surface area contributed by atoms with E-state index in [1.165, 1.54) is 12.8 Å². The van der Waals surface area contributed by atoms with Crippen molar-refractivity contribution in [2.24, 2.45) is 5.73 Å². The highest BCUT2D eigenvalue weighted by Gasteiger charge is 2.32. The van der Waals surface area contributed by atoms with Crippen molar-refractivity contribution in [3.63, 3.8) is 0 Å². The smallest absolute Gasteiger partial charge is 0.168 e. The second-order valence-electron chi connectivity index (χ2n) is 5.78. The molecule has 2 aliphatic heterocycles. The quantitative estimate of drug-likeness (QED) is 0.865. The first-order valence-corrected chi connectivity index (χ1v) is 7.13. The number of fused-ring (bicyclic) bond motifs is 1. The van der Waals surface area contributed by atoms with Crippen molar-refractivity contribution in [3.05, 3.63) is 11.6 Å². The fourth-order valence-corrected chi connectivity index (χ4v) is 3.23. The number of likely N-dealkylation sites (tertiary alicyclic amines) is 1. The molecule has 0 saturated carbocycles. The van der Waals surface area contributed by atoms with Crippen LogP contribution >= 0.6 is 0 Å². The van der Waals surface area contributed by atoms with Gasteiger partial charge in [0.05, 0.1) is 6.04 Å². The van der Waals surface area contributed by atoms with E-state index in [9.17, 15) is 0 Å². The summed E-state index contributed by atoms with van der Waals surface area (Å²) in [7, 11) is 0. The van der Waals surface area contributed by atoms with Crippen molar-refractivity contribution in [1.82, 2.24) is 19.7 Å². The fourth-order valence-electron chi connectivity index (χ4n) is 3.23. The third-order valence-electron chi connectivity index (χ3n) is 4.19. The number of aryl methyl sites for hydroxylation is 1. The standard InChI is InChI=1S/C13H23N5/c1-9(2)17-8-4-5-10(17)13-15-12-7-3-6-11(14)18(12)16-13/h9-11H,3-8,14H2,1-2H3. The molecule has 0 aromatic carbocycles. The van der Waals surface area contributed by atoms with E-state index in [1.54, 1.807) is 0 Å². The minimum absolute atomic E-state index is 0.0314. The molecule has 3 heterocycles. The fraction of sp³-hybridized carbons (Fsp3) is 0.846. The SMILES string of the molecule is CC(C)N1CCCC1c1nc2n(n1)C(N)CCC2. The van der Waals surface area contributed by atoms with Crippen LogP contribution in [-0.2, 0) is 6.42 Å². The minimum atomic E-state index is 0.0314. The molecule has 0 amide bonds. The molecule has 0 aliphatic carbocycles. The number of hydrogen-bond donors (Lipinski definition) is 1. The Balaban J connectivity index is 1.88. The average Bonchev–Trinajstić information content (AvgIpc) is 2.95. The molecule has 0 radical (unpaired) electrons. The maximum absolute atomic E-state index is 6.10. The summed E-state index contributed by atoms with van der Waals surface area (Å²) in [6.07, 6.45) is 5.64. The Morgan fingerprint density at radius 3 is 2.83 bits per heavy atom. The molecule has 18 heavy (non-hydrogen) atoms. The molecular formula is C13H23N5. The summed E-state index contributed by atoms with van der Waals surface area (Å²) in [6, 6.07) is 0.960. The van der Waals surface area contributed by atoms with Crippen molar-refractivity contribution in [1.29, 1.82) is 0 Å². The summed E-state index contributed by atoms with van der Waals surface area (Å²) >= 11 is 0. The largest absolute Gasteiger partial charge is 0.310 e. The zero-order valence-electron chi connectivity index (χ0n) is 11.3. The summed E-state index contributed by atoms with van der Waals surface area (Å²) in [4.78, 5) is 7.25. The first-order valence-electron chi connectivity index (χ1n) is 7.13. The Morgan fingerprint density at radius 1 is 1.28 bits per heavy atom. The van der Waals surface area contributed by atoms with Gasteiger partial charge in [-0.2, -0.15) is 5.10 Å². The molecule has 2 N–H and O–H groups in total. The summed E-state index contributed by atoms with van der Waals surface area (Å²) in [5.74, 6) is 2.08. The second-order valence-corrected chi connectivity index (χ2v) is 5.78. The Morgan fingerprint density at radius 2 is 2.11 bits per heavy atom. The number of rotatable bonds is 2. The first-order chi connectivity index (χ1) is 8.66. The molecule has 5 nitrogen and oxygen atoms in total. The number of nitrogens with two attached hydrogens (primary N) is 1. The van der Waals surface area contributed by atoms with E-state index in [0.29, 0.717) is 12.1 Å². The molecule has 3 rings (SSSR count). The van der Waals surface area contributed by atoms with E-state index in [-0.39, 0.29) is 6.17 Å². The molecule has 1 aromatic heterocycles. The van der Waals surface area contributed by atoms with Crippen molar-refractivity contribution in [2.75, 3.05) is 6.54 Å². The molecule has 0 spiro atoms. The van der Waals surface area contributed by atoms with Gasteiger partial charge in [0, 0.05) is 12.5 Å². The van der Waals surface area contributed by atoms with Crippen LogP contribution in [-0.4, -0.2) is 32.3 Å². The average molecular weight is 249 g/mol. The van der Waals surface area contributed by atoms with Crippen LogP contribution in [0.3, 0.4) is 0 Å². The monoisotopic (exact) mass is 249 g/mol. The molecule has 2 unspecified atom stereocenters. The molecule has 2 aliphatic rings. The lowest BCUT2D eigenvalue weighted by Gasteiger charge is -2.26. The van der Waals surface area contributed by atoms with Crippen molar-refractivity contribution in [3.8, 4) is 0 Å². The van der Waals surface area contributed by atoms with Crippen LogP contribution in [0.4, 0.5) is 0 Å². The predicted molar refractivity (Wildman–Crippen MR) is 70.0 cm³/mol. The van der Waals surface area contributed by atoms with E-state index in [1.807, 2.05) is 4.68 Å². The summed E-state index contributed by atoms with van der Waals surface area (Å²) < 4.78 is 1.95. The van der Waals surface area contributed by atoms with Crippen LogP contribution in [0.25, 0.3) is 0 Å². The zero-order valence-corrected chi connectivity index (χ0v) is 11.3. The molecule has 5 heteroatoms. The number of hydrogen-bond acceptors (Lipinski definition) is 4. The topological polar surface area (TPSA) is 60.0 Å². The van der Waals surface area contributed by atoms with Crippen LogP contribution in [0.15, 0.2) is 0 Å². The van der Waals surface area contributed by atoms with Gasteiger partial charge in [-0.3, -0.25) is 4.90 Å². The molecule has 1 saturated heterocycles. The first kappa shape index (κ1) is 12.1. The summed E-state index contributed by atoms with van der Waals surface area (Å²) in [6.45, 7) is 5.67. The Labute approximate surface area is 108 Å². The van der Waals surface area contributed by atoms with Gasteiger partial charge < -0.3 is 5.73 Å². The molecule has 0 bridgehead atoms. The van der Waals surface area contributed by atoms with Gasteiger partial charge in [-0.15, -0.1) is 0 Å². The van der Waals surface area contributed by atoms with Crippen molar-refractivity contribution >= 4 is 0 Å². The van der Waals surface area contributed by atoms with Gasteiger partial charge in [-0.25, -0.2) is 9.67 Å². The van der Waals surface area contributed by atoms with E-state index >= 15 is 0 Å².